The summed E-state index contributed by atoms with van der Waals surface area (Å²) in [6.45, 7) is 8.09. The molecular formula is C28H29N3O2S. The molecule has 2 aromatic heterocycles. The van der Waals surface area contributed by atoms with Gasteiger partial charge in [0.2, 0.25) is 0 Å². The maximum absolute atomic E-state index is 12.9. The Morgan fingerprint density at radius 2 is 1.59 bits per heavy atom. The van der Waals surface area contributed by atoms with Crippen LogP contribution < -0.4 is 10.2 Å². The van der Waals surface area contributed by atoms with Crippen molar-refractivity contribution in [1.82, 2.24) is 4.90 Å². The van der Waals surface area contributed by atoms with E-state index in [0.29, 0.717) is 5.76 Å². The highest BCUT2D eigenvalue weighted by Gasteiger charge is 2.31. The molecule has 34 heavy (non-hydrogen) atoms. The molecule has 0 radical (unpaired) electrons. The Balaban J connectivity index is 1.47. The van der Waals surface area contributed by atoms with E-state index >= 15 is 0 Å². The standard InChI is InChI=1S/C28H29N3O2S/c1-20-21(2)34-28(29-27(32)24-14-9-19-33-24)25(20)26(22-10-5-3-6-11-22)31-17-15-30(16-18-31)23-12-7-4-8-13-23/h3-14,19,26H,15-18H2,1-2H3,(H,29,32)/t26-/m0/s1. The number of furan rings is 1. The summed E-state index contributed by atoms with van der Waals surface area (Å²) >= 11 is 1.64. The molecule has 4 aromatic rings. The first-order valence-electron chi connectivity index (χ1n) is 11.7. The summed E-state index contributed by atoms with van der Waals surface area (Å²) in [5.74, 6) is 0.107. The van der Waals surface area contributed by atoms with E-state index in [1.165, 1.54) is 33.5 Å². The molecule has 1 saturated heterocycles. The van der Waals surface area contributed by atoms with Gasteiger partial charge in [-0.1, -0.05) is 48.5 Å². The maximum Gasteiger partial charge on any atom is 0.291 e. The predicted molar refractivity (Wildman–Crippen MR) is 139 cm³/mol. The van der Waals surface area contributed by atoms with Crippen LogP contribution in [0.15, 0.2) is 83.5 Å². The van der Waals surface area contributed by atoms with Gasteiger partial charge in [0.05, 0.1) is 12.3 Å². The number of hydrogen-bond acceptors (Lipinski definition) is 5. The Hall–Kier alpha value is -3.35. The highest BCUT2D eigenvalue weighted by molar-refractivity contribution is 7.16. The van der Waals surface area contributed by atoms with Gasteiger partial charge in [-0.15, -0.1) is 11.3 Å². The van der Waals surface area contributed by atoms with Crippen molar-refractivity contribution >= 4 is 27.9 Å². The second-order valence-electron chi connectivity index (χ2n) is 8.63. The van der Waals surface area contributed by atoms with Crippen molar-refractivity contribution in [2.75, 3.05) is 36.4 Å². The van der Waals surface area contributed by atoms with E-state index in [9.17, 15) is 4.79 Å². The van der Waals surface area contributed by atoms with E-state index in [1.54, 1.807) is 23.5 Å². The van der Waals surface area contributed by atoms with Crippen LogP contribution in [0.5, 0.6) is 0 Å². The van der Waals surface area contributed by atoms with Crippen LogP contribution in [-0.2, 0) is 0 Å². The number of para-hydroxylation sites is 1. The van der Waals surface area contributed by atoms with E-state index in [2.05, 4.69) is 89.6 Å². The minimum absolute atomic E-state index is 0.0657. The fraction of sp³-hybridized carbons (Fsp3) is 0.250. The number of carbonyl (C=O) groups is 1. The van der Waals surface area contributed by atoms with Gasteiger partial charge in [-0.25, -0.2) is 0 Å². The minimum Gasteiger partial charge on any atom is -0.459 e. The van der Waals surface area contributed by atoms with Crippen LogP contribution in [-0.4, -0.2) is 37.0 Å². The lowest BCUT2D eigenvalue weighted by Gasteiger charge is -2.41. The first-order chi connectivity index (χ1) is 16.6. The summed E-state index contributed by atoms with van der Waals surface area (Å²) in [4.78, 5) is 19.1. The van der Waals surface area contributed by atoms with Crippen molar-refractivity contribution in [2.45, 2.75) is 19.9 Å². The van der Waals surface area contributed by atoms with E-state index in [1.807, 2.05) is 0 Å². The largest absolute Gasteiger partial charge is 0.459 e. The molecule has 0 saturated carbocycles. The molecule has 0 unspecified atom stereocenters. The first-order valence-corrected chi connectivity index (χ1v) is 12.5. The first kappa shape index (κ1) is 22.4. The highest BCUT2D eigenvalue weighted by atomic mass is 32.1. The van der Waals surface area contributed by atoms with Crippen LogP contribution in [0.25, 0.3) is 0 Å². The van der Waals surface area contributed by atoms with E-state index in [-0.39, 0.29) is 11.9 Å². The van der Waals surface area contributed by atoms with Crippen LogP contribution in [0.3, 0.4) is 0 Å². The molecular weight excluding hydrogens is 442 g/mol. The monoisotopic (exact) mass is 471 g/mol. The van der Waals surface area contributed by atoms with Gasteiger partial charge in [-0.3, -0.25) is 9.69 Å². The third kappa shape index (κ3) is 4.52. The van der Waals surface area contributed by atoms with Gasteiger partial charge < -0.3 is 14.6 Å². The van der Waals surface area contributed by atoms with Gasteiger partial charge in [0, 0.05) is 42.3 Å². The van der Waals surface area contributed by atoms with Crippen molar-refractivity contribution in [2.24, 2.45) is 0 Å². The van der Waals surface area contributed by atoms with Crippen LogP contribution in [0.4, 0.5) is 10.7 Å². The number of piperazine rings is 1. The van der Waals surface area contributed by atoms with Gasteiger partial charge >= 0.3 is 0 Å². The van der Waals surface area contributed by atoms with Crippen LogP contribution in [0, 0.1) is 13.8 Å². The molecule has 1 aliphatic rings. The Morgan fingerprint density at radius 1 is 0.912 bits per heavy atom. The van der Waals surface area contributed by atoms with Crippen molar-refractivity contribution < 1.29 is 9.21 Å². The third-order valence-corrected chi connectivity index (χ3v) is 7.73. The number of hydrogen-bond donors (Lipinski definition) is 1. The van der Waals surface area contributed by atoms with Crippen molar-refractivity contribution in [3.63, 3.8) is 0 Å². The third-order valence-electron chi connectivity index (χ3n) is 6.59. The lowest BCUT2D eigenvalue weighted by Crippen LogP contribution is -2.48. The Labute approximate surface area is 204 Å². The number of aryl methyl sites for hydroxylation is 1. The number of rotatable bonds is 6. The fourth-order valence-corrected chi connectivity index (χ4v) is 5.80. The van der Waals surface area contributed by atoms with Crippen molar-refractivity contribution in [3.8, 4) is 0 Å². The summed E-state index contributed by atoms with van der Waals surface area (Å²) in [5.41, 5.74) is 4.93. The molecule has 1 aliphatic heterocycles. The molecule has 0 bridgehead atoms. The number of carbonyl (C=O) groups excluding carboxylic acids is 1. The molecule has 1 N–H and O–H groups in total. The van der Waals surface area contributed by atoms with Gasteiger partial charge in [-0.05, 0) is 49.2 Å². The number of nitrogens with one attached hydrogen (secondary N) is 1. The number of amides is 1. The molecule has 1 fully saturated rings. The van der Waals surface area contributed by atoms with Crippen molar-refractivity contribution in [3.05, 3.63) is 106 Å². The molecule has 174 valence electrons. The number of nitrogens with zero attached hydrogens (tertiary/aromatic N) is 2. The molecule has 1 atom stereocenters. The summed E-state index contributed by atoms with van der Waals surface area (Å²) in [6, 6.07) is 24.7. The second kappa shape index (κ2) is 9.87. The second-order valence-corrected chi connectivity index (χ2v) is 9.85. The number of anilines is 2. The molecule has 0 spiro atoms. The topological polar surface area (TPSA) is 48.7 Å². The fourth-order valence-electron chi connectivity index (χ4n) is 4.71. The number of benzene rings is 2. The Bertz CT molecular complexity index is 1230. The number of thiophene rings is 1. The Kier molecular flexibility index (Phi) is 6.52. The van der Waals surface area contributed by atoms with E-state index in [4.69, 9.17) is 4.42 Å². The van der Waals surface area contributed by atoms with Crippen molar-refractivity contribution in [1.29, 1.82) is 0 Å². The smallest absolute Gasteiger partial charge is 0.291 e. The molecule has 1 amide bonds. The van der Waals surface area contributed by atoms with E-state index < -0.39 is 0 Å². The molecule has 5 rings (SSSR count). The average Bonchev–Trinajstić information content (AvgIpc) is 3.51. The van der Waals surface area contributed by atoms with Crippen LogP contribution in [0.1, 0.15) is 38.2 Å². The van der Waals surface area contributed by atoms with Crippen LogP contribution >= 0.6 is 11.3 Å². The lowest BCUT2D eigenvalue weighted by atomic mass is 9.94. The molecule has 6 heteroatoms. The summed E-state index contributed by atoms with van der Waals surface area (Å²) in [6.07, 6.45) is 1.53. The molecule has 3 heterocycles. The molecule has 5 nitrogen and oxygen atoms in total. The quantitative estimate of drug-likeness (QED) is 0.368. The normalized spacial score (nSPS) is 15.3. The lowest BCUT2D eigenvalue weighted by molar-refractivity contribution is 0.0996. The van der Waals surface area contributed by atoms with Gasteiger partial charge in [0.15, 0.2) is 5.76 Å². The van der Waals surface area contributed by atoms with E-state index in [0.717, 1.165) is 31.2 Å². The average molecular weight is 472 g/mol. The zero-order valence-electron chi connectivity index (χ0n) is 19.5. The summed E-state index contributed by atoms with van der Waals surface area (Å²) < 4.78 is 5.34. The van der Waals surface area contributed by atoms with Crippen LogP contribution in [0.2, 0.25) is 0 Å². The predicted octanol–water partition coefficient (Wildman–Crippen LogP) is 6.12. The minimum atomic E-state index is -0.215. The summed E-state index contributed by atoms with van der Waals surface area (Å²) in [5, 5.41) is 4.05. The SMILES string of the molecule is Cc1sc(NC(=O)c2ccco2)c([C@H](c2ccccc2)N2CCN(c3ccccc3)CC2)c1C. The highest BCUT2D eigenvalue weighted by Crippen LogP contribution is 2.42. The molecule has 0 aliphatic carbocycles. The summed E-state index contributed by atoms with van der Waals surface area (Å²) in [7, 11) is 0. The zero-order chi connectivity index (χ0) is 23.5. The van der Waals surface area contributed by atoms with Gasteiger partial charge in [0.1, 0.15) is 5.00 Å². The van der Waals surface area contributed by atoms with Gasteiger partial charge in [0.25, 0.3) is 5.91 Å². The zero-order valence-corrected chi connectivity index (χ0v) is 20.3. The van der Waals surface area contributed by atoms with Gasteiger partial charge in [-0.2, -0.15) is 0 Å². The Morgan fingerprint density at radius 3 is 2.24 bits per heavy atom. The molecule has 2 aromatic carbocycles. The maximum atomic E-state index is 12.9.